The average Bonchev–Trinajstić information content (AvgIpc) is 3.33. The Balaban J connectivity index is 1.62. The summed E-state index contributed by atoms with van der Waals surface area (Å²) >= 11 is 0. The van der Waals surface area contributed by atoms with E-state index in [1.54, 1.807) is 0 Å². The average molecular weight is 381 g/mol. The number of aromatic nitrogens is 7. The molecule has 5 aromatic rings. The molecule has 0 saturated carbocycles. The lowest BCUT2D eigenvalue weighted by atomic mass is 10.1. The summed E-state index contributed by atoms with van der Waals surface area (Å²) in [5, 5.41) is 11.8. The number of nitrogens with zero attached hydrogens (tertiary/aromatic N) is 6. The molecule has 5 rings (SSSR count). The Morgan fingerprint density at radius 1 is 0.897 bits per heavy atom. The zero-order chi connectivity index (χ0) is 20.0. The molecule has 0 bridgehead atoms. The third-order valence-electron chi connectivity index (χ3n) is 4.88. The van der Waals surface area contributed by atoms with Gasteiger partial charge in [0.1, 0.15) is 5.69 Å². The van der Waals surface area contributed by atoms with Gasteiger partial charge in [0.15, 0.2) is 0 Å². The maximum absolute atomic E-state index is 4.87. The van der Waals surface area contributed by atoms with Crippen LogP contribution in [-0.2, 0) is 7.05 Å². The van der Waals surface area contributed by atoms with Crippen molar-refractivity contribution in [1.29, 1.82) is 0 Å². The number of nitrogens with one attached hydrogen (secondary N) is 1. The van der Waals surface area contributed by atoms with Crippen LogP contribution in [0.3, 0.4) is 0 Å². The third kappa shape index (κ3) is 3.06. The molecule has 0 saturated heterocycles. The molecule has 7 nitrogen and oxygen atoms in total. The Labute approximate surface area is 167 Å². The molecular weight excluding hydrogens is 362 g/mol. The lowest BCUT2D eigenvalue weighted by molar-refractivity contribution is 0.764. The highest BCUT2D eigenvalue weighted by molar-refractivity contribution is 5.84. The number of aromatic amines is 1. The molecule has 0 atom stereocenters. The zero-order valence-corrected chi connectivity index (χ0v) is 16.4. The summed E-state index contributed by atoms with van der Waals surface area (Å²) in [4.78, 5) is 14.0. The van der Waals surface area contributed by atoms with Crippen molar-refractivity contribution in [2.45, 2.75) is 13.8 Å². The summed E-state index contributed by atoms with van der Waals surface area (Å²) in [6.45, 7) is 3.95. The van der Waals surface area contributed by atoms with Crippen molar-refractivity contribution in [3.63, 3.8) is 0 Å². The van der Waals surface area contributed by atoms with E-state index in [0.717, 1.165) is 56.3 Å². The zero-order valence-electron chi connectivity index (χ0n) is 16.4. The van der Waals surface area contributed by atoms with Crippen molar-refractivity contribution in [2.24, 2.45) is 7.05 Å². The summed E-state index contributed by atoms with van der Waals surface area (Å²) < 4.78 is 1.86. The number of aryl methyl sites for hydroxylation is 3. The molecule has 0 amide bonds. The smallest absolute Gasteiger partial charge is 0.120 e. The molecule has 0 spiro atoms. The highest BCUT2D eigenvalue weighted by Gasteiger charge is 2.14. The summed E-state index contributed by atoms with van der Waals surface area (Å²) in [7, 11) is 1.93. The Morgan fingerprint density at radius 3 is 2.59 bits per heavy atom. The van der Waals surface area contributed by atoms with Gasteiger partial charge in [-0.2, -0.15) is 10.2 Å². The molecule has 0 fully saturated rings. The Morgan fingerprint density at radius 2 is 1.79 bits per heavy atom. The normalized spacial score (nSPS) is 11.3. The molecule has 0 radical (unpaired) electrons. The lowest BCUT2D eigenvalue weighted by Gasteiger charge is -2.06. The summed E-state index contributed by atoms with van der Waals surface area (Å²) in [6.07, 6.45) is 3.72. The van der Waals surface area contributed by atoms with Gasteiger partial charge in [-0.05, 0) is 50.2 Å². The number of H-pyrrole nitrogens is 1. The van der Waals surface area contributed by atoms with Crippen LogP contribution in [-0.4, -0.2) is 34.9 Å². The molecule has 1 N–H and O–H groups in total. The van der Waals surface area contributed by atoms with E-state index in [-0.39, 0.29) is 0 Å². The van der Waals surface area contributed by atoms with Crippen LogP contribution in [0, 0.1) is 13.8 Å². The van der Waals surface area contributed by atoms with Gasteiger partial charge in [0.2, 0.25) is 0 Å². The van der Waals surface area contributed by atoms with Crippen LogP contribution >= 0.6 is 0 Å². The fourth-order valence-corrected chi connectivity index (χ4v) is 3.53. The predicted molar refractivity (Wildman–Crippen MR) is 112 cm³/mol. The minimum atomic E-state index is 0.784. The Bertz CT molecular complexity index is 1350. The van der Waals surface area contributed by atoms with Gasteiger partial charge in [0.05, 0.1) is 33.8 Å². The molecule has 5 heterocycles. The van der Waals surface area contributed by atoms with Gasteiger partial charge >= 0.3 is 0 Å². The molecule has 7 heteroatoms. The number of hydrogen-bond donors (Lipinski definition) is 1. The van der Waals surface area contributed by atoms with Gasteiger partial charge in [-0.25, -0.2) is 4.98 Å². The number of pyridine rings is 3. The van der Waals surface area contributed by atoms with Crippen molar-refractivity contribution in [1.82, 2.24) is 34.9 Å². The highest BCUT2D eigenvalue weighted by Crippen LogP contribution is 2.30. The monoisotopic (exact) mass is 381 g/mol. The number of rotatable bonds is 3. The van der Waals surface area contributed by atoms with Gasteiger partial charge in [-0.1, -0.05) is 6.07 Å². The maximum atomic E-state index is 4.87. The van der Waals surface area contributed by atoms with Crippen LogP contribution in [0.4, 0.5) is 0 Å². The summed E-state index contributed by atoms with van der Waals surface area (Å²) in [5.74, 6) is 0. The van der Waals surface area contributed by atoms with Crippen LogP contribution in [0.2, 0.25) is 0 Å². The molecular formula is C22H19N7. The van der Waals surface area contributed by atoms with Gasteiger partial charge in [-0.3, -0.25) is 19.7 Å². The van der Waals surface area contributed by atoms with Crippen LogP contribution < -0.4 is 0 Å². The van der Waals surface area contributed by atoms with Crippen LogP contribution in [0.5, 0.6) is 0 Å². The standard InChI is InChI=1S/C22H19N7/c1-13-5-4-6-19(25-13)22-16(12-24-27-22)17-7-8-18-20(26-17)10-15(11-23-18)21-9-14(2)28-29(21)3/h4-12H,1-3H3,(H,24,27). The fraction of sp³-hybridized carbons (Fsp3) is 0.136. The van der Waals surface area contributed by atoms with Crippen molar-refractivity contribution < 1.29 is 0 Å². The second-order valence-electron chi connectivity index (χ2n) is 7.07. The topological polar surface area (TPSA) is 85.2 Å². The van der Waals surface area contributed by atoms with E-state index in [0.29, 0.717) is 0 Å². The van der Waals surface area contributed by atoms with Crippen molar-refractivity contribution >= 4 is 11.0 Å². The van der Waals surface area contributed by atoms with Gasteiger partial charge in [0, 0.05) is 36.3 Å². The molecule has 0 unspecified atom stereocenters. The molecule has 0 aliphatic heterocycles. The molecule has 0 aliphatic rings. The minimum Gasteiger partial charge on any atom is -0.284 e. The first-order chi connectivity index (χ1) is 14.1. The Hall–Kier alpha value is -3.87. The van der Waals surface area contributed by atoms with E-state index in [4.69, 9.17) is 4.98 Å². The van der Waals surface area contributed by atoms with E-state index >= 15 is 0 Å². The lowest BCUT2D eigenvalue weighted by Crippen LogP contribution is -1.95. The van der Waals surface area contributed by atoms with Gasteiger partial charge in [0.25, 0.3) is 0 Å². The van der Waals surface area contributed by atoms with Crippen LogP contribution in [0.25, 0.3) is 44.9 Å². The maximum Gasteiger partial charge on any atom is 0.120 e. The van der Waals surface area contributed by atoms with E-state index in [9.17, 15) is 0 Å². The minimum absolute atomic E-state index is 0.784. The quantitative estimate of drug-likeness (QED) is 0.509. The molecule has 142 valence electrons. The first kappa shape index (κ1) is 17.2. The van der Waals surface area contributed by atoms with E-state index < -0.39 is 0 Å². The first-order valence-electron chi connectivity index (χ1n) is 9.34. The molecule has 29 heavy (non-hydrogen) atoms. The van der Waals surface area contributed by atoms with Crippen LogP contribution in [0.15, 0.2) is 54.9 Å². The molecule has 0 aromatic carbocycles. The fourth-order valence-electron chi connectivity index (χ4n) is 3.53. The van der Waals surface area contributed by atoms with Crippen molar-refractivity contribution in [2.75, 3.05) is 0 Å². The van der Waals surface area contributed by atoms with Crippen molar-refractivity contribution in [3.8, 4) is 33.9 Å². The van der Waals surface area contributed by atoms with Gasteiger partial charge in [-0.15, -0.1) is 0 Å². The number of hydrogen-bond acceptors (Lipinski definition) is 5. The van der Waals surface area contributed by atoms with Crippen LogP contribution in [0.1, 0.15) is 11.4 Å². The van der Waals surface area contributed by atoms with E-state index in [2.05, 4.69) is 25.3 Å². The largest absolute Gasteiger partial charge is 0.284 e. The second-order valence-corrected chi connectivity index (χ2v) is 7.07. The van der Waals surface area contributed by atoms with E-state index in [1.807, 2.05) is 80.4 Å². The van der Waals surface area contributed by atoms with Gasteiger partial charge < -0.3 is 0 Å². The first-order valence-corrected chi connectivity index (χ1v) is 9.34. The summed E-state index contributed by atoms with van der Waals surface area (Å²) in [6, 6.07) is 14.0. The molecule has 5 aromatic heterocycles. The van der Waals surface area contributed by atoms with Crippen molar-refractivity contribution in [3.05, 3.63) is 66.2 Å². The SMILES string of the molecule is Cc1cccc(-c2n[nH]cc2-c2ccc3ncc(-c4cc(C)nn4C)cc3n2)n1. The summed E-state index contributed by atoms with van der Waals surface area (Å²) in [5.41, 5.74) is 8.92. The number of fused-ring (bicyclic) bond motifs is 1. The van der Waals surface area contributed by atoms with E-state index in [1.165, 1.54) is 0 Å². The molecule has 0 aliphatic carbocycles. The highest BCUT2D eigenvalue weighted by atomic mass is 15.3. The Kier molecular flexibility index (Phi) is 3.94. The third-order valence-corrected chi connectivity index (χ3v) is 4.88. The second kappa shape index (κ2) is 6.63. The predicted octanol–water partition coefficient (Wildman–Crippen LogP) is 4.10.